The SMILES string of the molecule is CN(C)CCOc1ccccc1CCc1ccc(Cl)cc1Cl. The van der Waals surface area contributed by atoms with E-state index in [1.165, 1.54) is 5.56 Å². The van der Waals surface area contributed by atoms with Crippen LogP contribution in [0.25, 0.3) is 0 Å². The minimum absolute atomic E-state index is 0.668. The van der Waals surface area contributed by atoms with Crippen molar-refractivity contribution < 1.29 is 4.74 Å². The summed E-state index contributed by atoms with van der Waals surface area (Å²) < 4.78 is 5.89. The van der Waals surface area contributed by atoms with Crippen LogP contribution in [-0.2, 0) is 12.8 Å². The van der Waals surface area contributed by atoms with Crippen molar-refractivity contribution >= 4 is 23.2 Å². The maximum absolute atomic E-state index is 6.23. The van der Waals surface area contributed by atoms with E-state index in [0.29, 0.717) is 11.6 Å². The van der Waals surface area contributed by atoms with Crippen molar-refractivity contribution in [3.05, 3.63) is 63.6 Å². The molecule has 0 N–H and O–H groups in total. The topological polar surface area (TPSA) is 12.5 Å². The van der Waals surface area contributed by atoms with Gasteiger partial charge in [0.1, 0.15) is 12.4 Å². The lowest BCUT2D eigenvalue weighted by Crippen LogP contribution is -2.19. The highest BCUT2D eigenvalue weighted by Gasteiger charge is 2.06. The highest BCUT2D eigenvalue weighted by atomic mass is 35.5. The van der Waals surface area contributed by atoms with Crippen LogP contribution in [0.1, 0.15) is 11.1 Å². The Balaban J connectivity index is 2.00. The molecule has 0 unspecified atom stereocenters. The lowest BCUT2D eigenvalue weighted by Gasteiger charge is -2.14. The Morgan fingerprint density at radius 3 is 2.41 bits per heavy atom. The predicted octanol–water partition coefficient (Wildman–Crippen LogP) is 4.72. The molecule has 0 atom stereocenters. The molecule has 0 aliphatic rings. The molecule has 0 saturated heterocycles. The Kier molecular flexibility index (Phi) is 6.56. The smallest absolute Gasteiger partial charge is 0.122 e. The fraction of sp³-hybridized carbons (Fsp3) is 0.333. The average molecular weight is 338 g/mol. The second kappa shape index (κ2) is 8.42. The van der Waals surface area contributed by atoms with Crippen molar-refractivity contribution in [1.29, 1.82) is 0 Å². The van der Waals surface area contributed by atoms with Gasteiger partial charge in [0.2, 0.25) is 0 Å². The molecule has 4 heteroatoms. The first kappa shape index (κ1) is 17.1. The molecule has 0 fully saturated rings. The van der Waals surface area contributed by atoms with Gasteiger partial charge < -0.3 is 9.64 Å². The quantitative estimate of drug-likeness (QED) is 0.724. The Morgan fingerprint density at radius 1 is 0.955 bits per heavy atom. The van der Waals surface area contributed by atoms with Crippen LogP contribution in [-0.4, -0.2) is 32.1 Å². The molecule has 0 amide bonds. The minimum atomic E-state index is 0.668. The van der Waals surface area contributed by atoms with Gasteiger partial charge in [0, 0.05) is 16.6 Å². The lowest BCUT2D eigenvalue weighted by atomic mass is 10.0. The van der Waals surface area contributed by atoms with Gasteiger partial charge in [-0.3, -0.25) is 0 Å². The Labute approximate surface area is 142 Å². The lowest BCUT2D eigenvalue weighted by molar-refractivity contribution is 0.259. The minimum Gasteiger partial charge on any atom is -0.492 e. The molecule has 2 rings (SSSR count). The summed E-state index contributed by atoms with van der Waals surface area (Å²) in [6, 6.07) is 13.8. The van der Waals surface area contributed by atoms with Crippen molar-refractivity contribution in [2.75, 3.05) is 27.2 Å². The predicted molar refractivity (Wildman–Crippen MR) is 94.4 cm³/mol. The average Bonchev–Trinajstić information content (AvgIpc) is 2.47. The highest BCUT2D eigenvalue weighted by Crippen LogP contribution is 2.25. The van der Waals surface area contributed by atoms with Crippen LogP contribution in [0.5, 0.6) is 5.75 Å². The Hall–Kier alpha value is -1.22. The summed E-state index contributed by atoms with van der Waals surface area (Å²) in [6.07, 6.45) is 1.75. The fourth-order valence-electron chi connectivity index (χ4n) is 2.18. The zero-order valence-electron chi connectivity index (χ0n) is 13.0. The van der Waals surface area contributed by atoms with Crippen molar-refractivity contribution in [2.24, 2.45) is 0 Å². The maximum atomic E-state index is 6.23. The van der Waals surface area contributed by atoms with Crippen LogP contribution in [0.3, 0.4) is 0 Å². The van der Waals surface area contributed by atoms with Crippen molar-refractivity contribution in [2.45, 2.75) is 12.8 Å². The van der Waals surface area contributed by atoms with E-state index in [1.54, 1.807) is 6.07 Å². The van der Waals surface area contributed by atoms with Gasteiger partial charge in [-0.15, -0.1) is 0 Å². The molecule has 2 nitrogen and oxygen atoms in total. The maximum Gasteiger partial charge on any atom is 0.122 e. The number of hydrogen-bond donors (Lipinski definition) is 0. The molecule has 0 aliphatic carbocycles. The first-order valence-electron chi connectivity index (χ1n) is 7.35. The summed E-state index contributed by atoms with van der Waals surface area (Å²) >= 11 is 12.2. The second-order valence-corrected chi connectivity index (χ2v) is 6.34. The monoisotopic (exact) mass is 337 g/mol. The molecule has 0 heterocycles. The zero-order valence-corrected chi connectivity index (χ0v) is 14.5. The van der Waals surface area contributed by atoms with E-state index in [0.717, 1.165) is 35.7 Å². The van der Waals surface area contributed by atoms with Gasteiger partial charge in [0.25, 0.3) is 0 Å². The number of halogens is 2. The van der Waals surface area contributed by atoms with Crippen molar-refractivity contribution in [3.8, 4) is 5.75 Å². The highest BCUT2D eigenvalue weighted by molar-refractivity contribution is 6.35. The standard InChI is InChI=1S/C18H21Cl2NO/c1-21(2)11-12-22-18-6-4-3-5-15(18)8-7-14-9-10-16(19)13-17(14)20/h3-6,9-10,13H,7-8,11-12H2,1-2H3. The van der Waals surface area contributed by atoms with E-state index >= 15 is 0 Å². The number of likely N-dealkylation sites (N-methyl/N-ethyl adjacent to an activating group) is 1. The molecule has 0 radical (unpaired) electrons. The number of benzene rings is 2. The van der Waals surface area contributed by atoms with Gasteiger partial charge in [0.15, 0.2) is 0 Å². The number of aryl methyl sites for hydroxylation is 2. The molecule has 0 aliphatic heterocycles. The Morgan fingerprint density at radius 2 is 1.68 bits per heavy atom. The third kappa shape index (κ3) is 5.20. The van der Waals surface area contributed by atoms with E-state index in [9.17, 15) is 0 Å². The third-order valence-corrected chi connectivity index (χ3v) is 4.03. The van der Waals surface area contributed by atoms with Crippen LogP contribution in [0, 0.1) is 0 Å². The molecule has 2 aromatic carbocycles. The van der Waals surface area contributed by atoms with Gasteiger partial charge in [-0.1, -0.05) is 47.5 Å². The normalized spacial score (nSPS) is 11.0. The first-order valence-corrected chi connectivity index (χ1v) is 8.11. The first-order chi connectivity index (χ1) is 10.6. The fourth-order valence-corrected chi connectivity index (χ4v) is 2.69. The van der Waals surface area contributed by atoms with E-state index in [-0.39, 0.29) is 0 Å². The van der Waals surface area contributed by atoms with Gasteiger partial charge in [-0.05, 0) is 56.3 Å². The molecular formula is C18H21Cl2NO. The number of para-hydroxylation sites is 1. The molecule has 0 aromatic heterocycles. The second-order valence-electron chi connectivity index (χ2n) is 5.50. The summed E-state index contributed by atoms with van der Waals surface area (Å²) in [4.78, 5) is 2.11. The van der Waals surface area contributed by atoms with Crippen LogP contribution in [0.4, 0.5) is 0 Å². The summed E-state index contributed by atoms with van der Waals surface area (Å²) in [5, 5.41) is 1.39. The number of hydrogen-bond acceptors (Lipinski definition) is 2. The van der Waals surface area contributed by atoms with Crippen molar-refractivity contribution in [3.63, 3.8) is 0 Å². The molecule has 118 valence electrons. The van der Waals surface area contributed by atoms with Gasteiger partial charge in [0.05, 0.1) is 0 Å². The van der Waals surface area contributed by atoms with E-state index in [4.69, 9.17) is 27.9 Å². The third-order valence-electron chi connectivity index (χ3n) is 3.45. The number of ether oxygens (including phenoxy) is 1. The van der Waals surface area contributed by atoms with E-state index < -0.39 is 0 Å². The number of rotatable bonds is 7. The molecule has 0 saturated carbocycles. The molecule has 0 spiro atoms. The van der Waals surface area contributed by atoms with E-state index in [2.05, 4.69) is 11.0 Å². The van der Waals surface area contributed by atoms with Gasteiger partial charge in [-0.25, -0.2) is 0 Å². The van der Waals surface area contributed by atoms with Crippen LogP contribution in [0.15, 0.2) is 42.5 Å². The summed E-state index contributed by atoms with van der Waals surface area (Å²) in [5.41, 5.74) is 2.31. The molecular weight excluding hydrogens is 317 g/mol. The molecule has 22 heavy (non-hydrogen) atoms. The molecule has 0 bridgehead atoms. The number of nitrogens with zero attached hydrogens (tertiary/aromatic N) is 1. The van der Waals surface area contributed by atoms with Crippen LogP contribution >= 0.6 is 23.2 Å². The van der Waals surface area contributed by atoms with Gasteiger partial charge >= 0.3 is 0 Å². The van der Waals surface area contributed by atoms with Gasteiger partial charge in [-0.2, -0.15) is 0 Å². The van der Waals surface area contributed by atoms with Crippen LogP contribution < -0.4 is 4.74 Å². The largest absolute Gasteiger partial charge is 0.492 e. The zero-order chi connectivity index (χ0) is 15.9. The summed E-state index contributed by atoms with van der Waals surface area (Å²) in [7, 11) is 4.08. The molecule has 2 aromatic rings. The van der Waals surface area contributed by atoms with Crippen LogP contribution in [0.2, 0.25) is 10.0 Å². The summed E-state index contributed by atoms with van der Waals surface area (Å²) in [5.74, 6) is 0.953. The Bertz CT molecular complexity index is 614. The van der Waals surface area contributed by atoms with E-state index in [1.807, 2.05) is 44.4 Å². The van der Waals surface area contributed by atoms with Crippen molar-refractivity contribution in [1.82, 2.24) is 4.90 Å². The summed E-state index contributed by atoms with van der Waals surface area (Å²) in [6.45, 7) is 1.59.